The number of hydrogen-bond donors (Lipinski definition) is 2. The van der Waals surface area contributed by atoms with Gasteiger partial charge in [0.15, 0.2) is 0 Å². The predicted molar refractivity (Wildman–Crippen MR) is 84.1 cm³/mol. The zero-order valence-electron chi connectivity index (χ0n) is 11.4. The largest absolute Gasteiger partial charge is 0.389 e. The Hall–Kier alpha value is -1.09. The molecule has 3 heteroatoms. The highest BCUT2D eigenvalue weighted by atomic mass is 32.1. The normalized spacial score (nSPS) is 12.1. The van der Waals surface area contributed by atoms with Crippen molar-refractivity contribution >= 4 is 22.9 Å². The molecule has 3 N–H and O–H groups in total. The zero-order chi connectivity index (χ0) is 13.4. The minimum atomic E-state index is 0.458. The first-order chi connectivity index (χ1) is 8.69. The number of unbranched alkanes of at least 4 members (excludes halogenated alkanes) is 1. The van der Waals surface area contributed by atoms with Crippen molar-refractivity contribution in [2.24, 2.45) is 11.7 Å². The molecule has 18 heavy (non-hydrogen) atoms. The maximum atomic E-state index is 5.73. The van der Waals surface area contributed by atoms with Crippen LogP contribution in [-0.2, 0) is 0 Å². The molecule has 0 spiro atoms. The molecule has 0 fully saturated rings. The molecule has 0 heterocycles. The Kier molecular flexibility index (Phi) is 6.73. The topological polar surface area (TPSA) is 38.0 Å². The number of anilines is 1. The van der Waals surface area contributed by atoms with Gasteiger partial charge in [-0.2, -0.15) is 0 Å². The first-order valence-corrected chi connectivity index (χ1v) is 7.22. The summed E-state index contributed by atoms with van der Waals surface area (Å²) in [5, 5.41) is 3.49. The summed E-state index contributed by atoms with van der Waals surface area (Å²) in [6, 6.07) is 7.99. The van der Waals surface area contributed by atoms with Crippen LogP contribution in [0.4, 0.5) is 5.69 Å². The average molecular weight is 264 g/mol. The third-order valence-electron chi connectivity index (χ3n) is 3.32. The Morgan fingerprint density at radius 2 is 2.06 bits per heavy atom. The van der Waals surface area contributed by atoms with Gasteiger partial charge in [-0.1, -0.05) is 57.5 Å². The lowest BCUT2D eigenvalue weighted by molar-refractivity contribution is 0.473. The fourth-order valence-corrected chi connectivity index (χ4v) is 2.23. The van der Waals surface area contributed by atoms with Crippen molar-refractivity contribution in [1.82, 2.24) is 0 Å². The van der Waals surface area contributed by atoms with Crippen LogP contribution < -0.4 is 11.1 Å². The molecule has 1 aromatic rings. The monoisotopic (exact) mass is 264 g/mol. The van der Waals surface area contributed by atoms with Gasteiger partial charge >= 0.3 is 0 Å². The van der Waals surface area contributed by atoms with Gasteiger partial charge in [-0.15, -0.1) is 0 Å². The third-order valence-corrected chi connectivity index (χ3v) is 3.54. The molecule has 0 bridgehead atoms. The summed E-state index contributed by atoms with van der Waals surface area (Å²) in [5.41, 5.74) is 7.72. The SMILES string of the molecule is CCCCC(CC)CNc1ccccc1C(N)=S. The Morgan fingerprint density at radius 3 is 2.67 bits per heavy atom. The van der Waals surface area contributed by atoms with Crippen molar-refractivity contribution in [3.63, 3.8) is 0 Å². The van der Waals surface area contributed by atoms with E-state index < -0.39 is 0 Å². The smallest absolute Gasteiger partial charge is 0.106 e. The summed E-state index contributed by atoms with van der Waals surface area (Å²) in [6.45, 7) is 5.49. The molecule has 1 rings (SSSR count). The summed E-state index contributed by atoms with van der Waals surface area (Å²) >= 11 is 5.07. The fourth-order valence-electron chi connectivity index (χ4n) is 2.05. The second-order valence-electron chi connectivity index (χ2n) is 4.71. The van der Waals surface area contributed by atoms with E-state index in [4.69, 9.17) is 18.0 Å². The van der Waals surface area contributed by atoms with Crippen LogP contribution >= 0.6 is 12.2 Å². The Bertz CT molecular complexity index is 377. The minimum Gasteiger partial charge on any atom is -0.389 e. The van der Waals surface area contributed by atoms with Gasteiger partial charge in [0.1, 0.15) is 4.99 Å². The average Bonchev–Trinajstić information content (AvgIpc) is 2.39. The molecule has 0 aromatic heterocycles. The van der Waals surface area contributed by atoms with E-state index in [1.165, 1.54) is 25.7 Å². The highest BCUT2D eigenvalue weighted by Gasteiger charge is 2.08. The van der Waals surface area contributed by atoms with Crippen LogP contribution in [0, 0.1) is 5.92 Å². The highest BCUT2D eigenvalue weighted by Crippen LogP contribution is 2.18. The first-order valence-electron chi connectivity index (χ1n) is 6.81. The van der Waals surface area contributed by atoms with Crippen LogP contribution in [0.25, 0.3) is 0 Å². The van der Waals surface area contributed by atoms with Gasteiger partial charge in [-0.25, -0.2) is 0 Å². The quantitative estimate of drug-likeness (QED) is 0.698. The molecule has 1 unspecified atom stereocenters. The molecule has 0 saturated heterocycles. The van der Waals surface area contributed by atoms with E-state index >= 15 is 0 Å². The molecule has 1 aromatic carbocycles. The van der Waals surface area contributed by atoms with E-state index in [2.05, 4.69) is 19.2 Å². The van der Waals surface area contributed by atoms with Crippen molar-refractivity contribution in [3.05, 3.63) is 29.8 Å². The Labute approximate surface area is 116 Å². The van der Waals surface area contributed by atoms with Gasteiger partial charge in [0.25, 0.3) is 0 Å². The maximum absolute atomic E-state index is 5.73. The molecule has 0 saturated carbocycles. The second-order valence-corrected chi connectivity index (χ2v) is 5.15. The number of benzene rings is 1. The molecule has 0 aliphatic carbocycles. The second kappa shape index (κ2) is 8.09. The highest BCUT2D eigenvalue weighted by molar-refractivity contribution is 7.80. The molecule has 0 radical (unpaired) electrons. The van der Waals surface area contributed by atoms with Gasteiger partial charge in [0.2, 0.25) is 0 Å². The molecule has 2 nitrogen and oxygen atoms in total. The van der Waals surface area contributed by atoms with Crippen molar-refractivity contribution in [1.29, 1.82) is 0 Å². The van der Waals surface area contributed by atoms with E-state index in [0.717, 1.165) is 23.7 Å². The predicted octanol–water partition coefficient (Wildman–Crippen LogP) is 3.95. The van der Waals surface area contributed by atoms with Gasteiger partial charge in [0, 0.05) is 17.8 Å². The van der Waals surface area contributed by atoms with E-state index in [1.54, 1.807) is 0 Å². The first kappa shape index (κ1) is 15.0. The standard InChI is InChI=1S/C15H24N2S/c1-3-5-8-12(4-2)11-17-14-10-7-6-9-13(14)15(16)18/h6-7,9-10,12,17H,3-5,8,11H2,1-2H3,(H2,16,18). The van der Waals surface area contributed by atoms with Crippen molar-refractivity contribution in [2.75, 3.05) is 11.9 Å². The van der Waals surface area contributed by atoms with E-state index in [0.29, 0.717) is 4.99 Å². The number of nitrogens with one attached hydrogen (secondary N) is 1. The Morgan fingerprint density at radius 1 is 1.33 bits per heavy atom. The molecule has 0 amide bonds. The summed E-state index contributed by atoms with van der Waals surface area (Å²) < 4.78 is 0. The number of para-hydroxylation sites is 1. The number of rotatable bonds is 8. The van der Waals surface area contributed by atoms with Gasteiger partial charge in [-0.05, 0) is 24.5 Å². The van der Waals surface area contributed by atoms with Crippen molar-refractivity contribution in [3.8, 4) is 0 Å². The van der Waals surface area contributed by atoms with E-state index in [9.17, 15) is 0 Å². The van der Waals surface area contributed by atoms with Crippen molar-refractivity contribution < 1.29 is 0 Å². The molecule has 1 atom stereocenters. The van der Waals surface area contributed by atoms with E-state index in [1.807, 2.05) is 24.3 Å². The van der Waals surface area contributed by atoms with Gasteiger partial charge in [-0.3, -0.25) is 0 Å². The molecule has 0 aliphatic rings. The molecular weight excluding hydrogens is 240 g/mol. The van der Waals surface area contributed by atoms with Crippen LogP contribution in [0.3, 0.4) is 0 Å². The summed E-state index contributed by atoms with van der Waals surface area (Å²) in [7, 11) is 0. The zero-order valence-corrected chi connectivity index (χ0v) is 12.2. The number of thiocarbonyl (C=S) groups is 1. The maximum Gasteiger partial charge on any atom is 0.106 e. The van der Waals surface area contributed by atoms with E-state index in [-0.39, 0.29) is 0 Å². The van der Waals surface area contributed by atoms with Crippen LogP contribution in [0.2, 0.25) is 0 Å². The minimum absolute atomic E-state index is 0.458. The van der Waals surface area contributed by atoms with Crippen LogP contribution in [-0.4, -0.2) is 11.5 Å². The lowest BCUT2D eigenvalue weighted by Gasteiger charge is -2.17. The fraction of sp³-hybridized carbons (Fsp3) is 0.533. The van der Waals surface area contributed by atoms with Crippen LogP contribution in [0.5, 0.6) is 0 Å². The van der Waals surface area contributed by atoms with Crippen molar-refractivity contribution in [2.45, 2.75) is 39.5 Å². The Balaban J connectivity index is 2.59. The van der Waals surface area contributed by atoms with Gasteiger partial charge in [0.05, 0.1) is 0 Å². The van der Waals surface area contributed by atoms with Gasteiger partial charge < -0.3 is 11.1 Å². The summed E-state index contributed by atoms with van der Waals surface area (Å²) in [5.74, 6) is 0.726. The summed E-state index contributed by atoms with van der Waals surface area (Å²) in [4.78, 5) is 0.458. The summed E-state index contributed by atoms with van der Waals surface area (Å²) in [6.07, 6.45) is 5.06. The number of hydrogen-bond acceptors (Lipinski definition) is 2. The molecule has 0 aliphatic heterocycles. The number of nitrogens with two attached hydrogens (primary N) is 1. The lowest BCUT2D eigenvalue weighted by Crippen LogP contribution is -2.17. The molecule has 100 valence electrons. The molecular formula is C15H24N2S. The van der Waals surface area contributed by atoms with Crippen LogP contribution in [0.1, 0.15) is 45.1 Å². The van der Waals surface area contributed by atoms with Crippen LogP contribution in [0.15, 0.2) is 24.3 Å². The lowest BCUT2D eigenvalue weighted by atomic mass is 9.99. The third kappa shape index (κ3) is 4.65.